The van der Waals surface area contributed by atoms with E-state index in [2.05, 4.69) is 4.98 Å². The summed E-state index contributed by atoms with van der Waals surface area (Å²) in [6.45, 7) is 5.23. The molecule has 1 aromatic heterocycles. The summed E-state index contributed by atoms with van der Waals surface area (Å²) in [5, 5.41) is 11.9. The van der Waals surface area contributed by atoms with Crippen molar-refractivity contribution < 1.29 is 9.32 Å². The van der Waals surface area contributed by atoms with E-state index in [4.69, 9.17) is 34.8 Å². The smallest absolute Gasteiger partial charge is 0.146 e. The Labute approximate surface area is 216 Å². The van der Waals surface area contributed by atoms with Crippen LogP contribution in [-0.2, 0) is 16.4 Å². The number of halogens is 3. The van der Waals surface area contributed by atoms with Crippen molar-refractivity contribution in [1.82, 2.24) is 9.55 Å². The molecule has 0 saturated heterocycles. The van der Waals surface area contributed by atoms with Gasteiger partial charge >= 0.3 is 0 Å². The highest BCUT2D eigenvalue weighted by atomic mass is 35.5. The van der Waals surface area contributed by atoms with Crippen LogP contribution in [0.25, 0.3) is 28.2 Å². The van der Waals surface area contributed by atoms with E-state index in [9.17, 15) is 9.32 Å². The molecule has 1 N–H and O–H groups in total. The lowest BCUT2D eigenvalue weighted by atomic mass is 10.1. The average Bonchev–Trinajstić information content (AvgIpc) is 3.26. The number of nitrogens with zero attached hydrogens (tertiary/aromatic N) is 2. The lowest BCUT2D eigenvalue weighted by Crippen LogP contribution is -2.15. The molecule has 1 atom stereocenters. The minimum absolute atomic E-state index is 0.367. The van der Waals surface area contributed by atoms with E-state index in [-0.39, 0.29) is 0 Å². The van der Waals surface area contributed by atoms with Gasteiger partial charge in [-0.2, -0.15) is 0 Å². The topological polar surface area (TPSA) is 55.1 Å². The van der Waals surface area contributed by atoms with Crippen molar-refractivity contribution in [3.8, 4) is 28.2 Å². The van der Waals surface area contributed by atoms with Crippen molar-refractivity contribution in [2.24, 2.45) is 0 Å². The molecule has 0 aliphatic heterocycles. The summed E-state index contributed by atoms with van der Waals surface area (Å²) >= 11 is 19.5. The van der Waals surface area contributed by atoms with Gasteiger partial charge in [-0.3, -0.25) is 8.78 Å². The van der Waals surface area contributed by atoms with Crippen LogP contribution in [-0.4, -0.2) is 24.6 Å². The molecule has 4 rings (SSSR count). The Morgan fingerprint density at radius 2 is 1.68 bits per heavy atom. The maximum atomic E-state index is 12.2. The van der Waals surface area contributed by atoms with Crippen LogP contribution in [0.4, 0.5) is 0 Å². The van der Waals surface area contributed by atoms with Crippen LogP contribution in [0, 0.1) is 0 Å². The summed E-state index contributed by atoms with van der Waals surface area (Å²) in [4.78, 5) is 5.45. The highest BCUT2D eigenvalue weighted by Gasteiger charge is 2.25. The minimum Gasteiger partial charge on any atom is -0.384 e. The fourth-order valence-electron chi connectivity index (χ4n) is 3.59. The molecule has 4 aromatic rings. The third-order valence-electron chi connectivity index (χ3n) is 5.42. The molecule has 34 heavy (non-hydrogen) atoms. The predicted octanol–water partition coefficient (Wildman–Crippen LogP) is 7.52. The molecule has 0 aliphatic carbocycles. The molecule has 176 valence electrons. The minimum atomic E-state index is -1.17. The number of hydrogen-bond acceptors (Lipinski definition) is 3. The van der Waals surface area contributed by atoms with Crippen molar-refractivity contribution in [3.05, 3.63) is 87.6 Å². The third-order valence-corrected chi connectivity index (χ3v) is 7.85. The fourth-order valence-corrected chi connectivity index (χ4v) is 5.07. The Balaban J connectivity index is 1.85. The molecular formula is C26H23Cl3N2O2S. The maximum Gasteiger partial charge on any atom is 0.146 e. The predicted molar refractivity (Wildman–Crippen MR) is 142 cm³/mol. The van der Waals surface area contributed by atoms with E-state index in [0.29, 0.717) is 43.6 Å². The first-order chi connectivity index (χ1) is 16.1. The van der Waals surface area contributed by atoms with Crippen LogP contribution in [0.15, 0.2) is 71.8 Å². The van der Waals surface area contributed by atoms with Gasteiger partial charge in [0, 0.05) is 22.4 Å². The van der Waals surface area contributed by atoms with Gasteiger partial charge in [0.15, 0.2) is 0 Å². The lowest BCUT2D eigenvalue weighted by molar-refractivity contribution is 0.0743. The first-order valence-electron chi connectivity index (χ1n) is 10.7. The first kappa shape index (κ1) is 25.0. The number of imidazole rings is 1. The third kappa shape index (κ3) is 4.95. The van der Waals surface area contributed by atoms with Crippen LogP contribution < -0.4 is 0 Å². The van der Waals surface area contributed by atoms with E-state index in [1.165, 1.54) is 0 Å². The van der Waals surface area contributed by atoms with Crippen molar-refractivity contribution in [1.29, 1.82) is 0 Å². The van der Waals surface area contributed by atoms with E-state index < -0.39 is 16.4 Å². The standard InChI is InChI=1S/C26H23Cl3N2O2S/c1-4-34(33)18-8-5-7-16(13-18)17-11-12-22(21(28)14-17)31-15-23(26(2,3)32)30-25(31)19-9-6-10-20(27)24(19)29/h5-15,32H,4H2,1-3H3. The summed E-state index contributed by atoms with van der Waals surface area (Å²) in [6, 6.07) is 18.7. The zero-order valence-electron chi connectivity index (χ0n) is 18.8. The average molecular weight is 534 g/mol. The molecule has 0 amide bonds. The summed E-state index contributed by atoms with van der Waals surface area (Å²) in [6.07, 6.45) is 1.75. The maximum absolute atomic E-state index is 12.2. The van der Waals surface area contributed by atoms with Crippen LogP contribution >= 0.6 is 34.8 Å². The van der Waals surface area contributed by atoms with E-state index >= 15 is 0 Å². The first-order valence-corrected chi connectivity index (χ1v) is 13.1. The van der Waals surface area contributed by atoms with Gasteiger partial charge in [0.25, 0.3) is 0 Å². The molecule has 3 aromatic carbocycles. The van der Waals surface area contributed by atoms with Crippen molar-refractivity contribution in [2.45, 2.75) is 31.3 Å². The number of hydrogen-bond donors (Lipinski definition) is 1. The van der Waals surface area contributed by atoms with Gasteiger partial charge < -0.3 is 5.11 Å². The molecule has 0 saturated carbocycles. The Morgan fingerprint density at radius 3 is 2.35 bits per heavy atom. The van der Waals surface area contributed by atoms with Gasteiger partial charge in [0.2, 0.25) is 0 Å². The summed E-state index contributed by atoms with van der Waals surface area (Å²) in [7, 11) is -1.04. The largest absolute Gasteiger partial charge is 0.384 e. The molecular weight excluding hydrogens is 511 g/mol. The van der Waals surface area contributed by atoms with Gasteiger partial charge in [-0.1, -0.05) is 66.0 Å². The zero-order chi connectivity index (χ0) is 24.6. The van der Waals surface area contributed by atoms with Crippen molar-refractivity contribution in [3.63, 3.8) is 0 Å². The Bertz CT molecular complexity index is 1390. The molecule has 0 aliphatic rings. The monoisotopic (exact) mass is 532 g/mol. The Kier molecular flexibility index (Phi) is 7.22. The highest BCUT2D eigenvalue weighted by molar-refractivity contribution is 7.85. The molecule has 0 spiro atoms. The molecule has 0 bridgehead atoms. The molecule has 8 heteroatoms. The zero-order valence-corrected chi connectivity index (χ0v) is 21.9. The SMILES string of the molecule is CCS(=O)c1cccc(-c2ccc(-n3cc(C(C)(C)O)nc3-c3cccc(Cl)c3Cl)c(Cl)c2)c1. The number of rotatable bonds is 6. The van der Waals surface area contributed by atoms with Gasteiger partial charge in [-0.15, -0.1) is 0 Å². The van der Waals surface area contributed by atoms with Crippen molar-refractivity contribution >= 4 is 45.6 Å². The second-order valence-corrected chi connectivity index (χ2v) is 11.2. The summed E-state index contributed by atoms with van der Waals surface area (Å²) < 4.78 is 14.0. The fraction of sp³-hybridized carbons (Fsp3) is 0.192. The van der Waals surface area contributed by atoms with Crippen molar-refractivity contribution in [2.75, 3.05) is 5.75 Å². The molecule has 1 heterocycles. The number of aromatic nitrogens is 2. The molecule has 4 nitrogen and oxygen atoms in total. The van der Waals surface area contributed by atoms with E-state index in [0.717, 1.165) is 16.0 Å². The molecule has 0 radical (unpaired) electrons. The lowest BCUT2D eigenvalue weighted by Gasteiger charge is -2.13. The Morgan fingerprint density at radius 1 is 0.971 bits per heavy atom. The quantitative estimate of drug-likeness (QED) is 0.279. The normalized spacial score (nSPS) is 12.7. The summed E-state index contributed by atoms with van der Waals surface area (Å²) in [5.74, 6) is 1.07. The van der Waals surface area contributed by atoms with Crippen LogP contribution in [0.5, 0.6) is 0 Å². The van der Waals surface area contributed by atoms with Gasteiger partial charge in [-0.05, 0) is 61.4 Å². The van der Waals surface area contributed by atoms with Gasteiger partial charge in [-0.25, -0.2) is 4.98 Å². The van der Waals surface area contributed by atoms with Crippen LogP contribution in [0.2, 0.25) is 15.1 Å². The molecule has 1 unspecified atom stereocenters. The number of aliphatic hydroxyl groups is 1. The molecule has 0 fully saturated rings. The van der Waals surface area contributed by atoms with E-state index in [1.807, 2.05) is 55.5 Å². The van der Waals surface area contributed by atoms with E-state index in [1.54, 1.807) is 36.7 Å². The van der Waals surface area contributed by atoms with Crippen LogP contribution in [0.1, 0.15) is 26.5 Å². The number of benzene rings is 3. The highest BCUT2D eigenvalue weighted by Crippen LogP contribution is 2.37. The second-order valence-electron chi connectivity index (χ2n) is 8.31. The van der Waals surface area contributed by atoms with Crippen LogP contribution in [0.3, 0.4) is 0 Å². The van der Waals surface area contributed by atoms with Gasteiger partial charge in [0.1, 0.15) is 11.4 Å². The van der Waals surface area contributed by atoms with Gasteiger partial charge in [0.05, 0.1) is 37.2 Å². The summed E-state index contributed by atoms with van der Waals surface area (Å²) in [5.41, 5.74) is 2.41. The Hall–Kier alpha value is -2.15. The second kappa shape index (κ2) is 9.84.